The Labute approximate surface area is 114 Å². The van der Waals surface area contributed by atoms with Crippen LogP contribution in [-0.2, 0) is 16.1 Å². The number of methoxy groups -OCH3 is 1. The minimum atomic E-state index is -0.225. The van der Waals surface area contributed by atoms with Crippen LogP contribution in [-0.4, -0.2) is 42.3 Å². The summed E-state index contributed by atoms with van der Waals surface area (Å²) in [5.74, 6) is 0.189. The van der Waals surface area contributed by atoms with Gasteiger partial charge in [-0.2, -0.15) is 0 Å². The Morgan fingerprint density at radius 2 is 2.11 bits per heavy atom. The highest BCUT2D eigenvalue weighted by molar-refractivity contribution is 5.76. The van der Waals surface area contributed by atoms with Gasteiger partial charge in [-0.3, -0.25) is 9.69 Å². The van der Waals surface area contributed by atoms with E-state index in [1.807, 2.05) is 35.2 Å². The lowest BCUT2D eigenvalue weighted by Gasteiger charge is -2.29. The number of hydrogen-bond donors (Lipinski definition) is 1. The first-order chi connectivity index (χ1) is 9.26. The fourth-order valence-electron chi connectivity index (χ4n) is 2.44. The molecule has 0 aliphatic heterocycles. The van der Waals surface area contributed by atoms with Gasteiger partial charge in [0.25, 0.3) is 0 Å². The topological polar surface area (TPSA) is 49.8 Å². The maximum absolute atomic E-state index is 12.0. The van der Waals surface area contributed by atoms with Crippen LogP contribution in [0, 0.1) is 5.92 Å². The summed E-state index contributed by atoms with van der Waals surface area (Å²) in [6.07, 6.45) is 2.13. The summed E-state index contributed by atoms with van der Waals surface area (Å²) in [4.78, 5) is 14.0. The Morgan fingerprint density at radius 1 is 1.42 bits per heavy atom. The molecule has 1 atom stereocenters. The van der Waals surface area contributed by atoms with Crippen molar-refractivity contribution in [1.29, 1.82) is 0 Å². The molecule has 0 spiro atoms. The molecule has 0 aromatic heterocycles. The Kier molecular flexibility index (Phi) is 4.93. The number of ether oxygens (including phenoxy) is 1. The second-order valence-electron chi connectivity index (χ2n) is 4.99. The van der Waals surface area contributed by atoms with Crippen LogP contribution in [0.15, 0.2) is 30.3 Å². The predicted octanol–water partition coefficient (Wildman–Crippen LogP) is 1.43. The van der Waals surface area contributed by atoms with Crippen LogP contribution in [0.3, 0.4) is 0 Å². The van der Waals surface area contributed by atoms with Crippen molar-refractivity contribution < 1.29 is 14.6 Å². The summed E-state index contributed by atoms with van der Waals surface area (Å²) in [5.41, 5.74) is 1.14. The van der Waals surface area contributed by atoms with E-state index in [4.69, 9.17) is 4.74 Å². The van der Waals surface area contributed by atoms with Crippen molar-refractivity contribution in [2.45, 2.75) is 25.4 Å². The molecular weight excluding hydrogens is 242 g/mol. The summed E-state index contributed by atoms with van der Waals surface area (Å²) >= 11 is 0. The number of hydrogen-bond acceptors (Lipinski definition) is 4. The average molecular weight is 263 g/mol. The van der Waals surface area contributed by atoms with Crippen molar-refractivity contribution in [3.05, 3.63) is 35.9 Å². The molecule has 0 heterocycles. The largest absolute Gasteiger partial charge is 0.468 e. The Hall–Kier alpha value is -1.39. The summed E-state index contributed by atoms with van der Waals surface area (Å²) < 4.78 is 4.92. The molecule has 4 heteroatoms. The fourth-order valence-corrected chi connectivity index (χ4v) is 2.44. The van der Waals surface area contributed by atoms with E-state index in [1.165, 1.54) is 7.11 Å². The number of esters is 1. The van der Waals surface area contributed by atoms with E-state index >= 15 is 0 Å². The monoisotopic (exact) mass is 263 g/mol. The van der Waals surface area contributed by atoms with Crippen molar-refractivity contribution in [2.24, 2.45) is 5.92 Å². The number of carbonyl (C=O) groups is 1. The van der Waals surface area contributed by atoms with Crippen LogP contribution in [0.4, 0.5) is 0 Å². The van der Waals surface area contributed by atoms with Crippen molar-refractivity contribution in [3.63, 3.8) is 0 Å². The van der Waals surface area contributed by atoms with Crippen LogP contribution in [0.25, 0.3) is 0 Å². The summed E-state index contributed by atoms with van der Waals surface area (Å²) in [6.45, 7) is 1.20. The first-order valence-corrected chi connectivity index (χ1v) is 6.73. The molecule has 4 nitrogen and oxygen atoms in total. The molecule has 1 aromatic carbocycles. The van der Waals surface area contributed by atoms with Gasteiger partial charge in [-0.25, -0.2) is 0 Å². The van der Waals surface area contributed by atoms with E-state index in [9.17, 15) is 9.90 Å². The van der Waals surface area contributed by atoms with Crippen molar-refractivity contribution in [1.82, 2.24) is 4.90 Å². The Morgan fingerprint density at radius 3 is 2.63 bits per heavy atom. The number of aliphatic hydroxyl groups is 1. The van der Waals surface area contributed by atoms with Gasteiger partial charge in [0.15, 0.2) is 0 Å². The van der Waals surface area contributed by atoms with Crippen molar-refractivity contribution in [3.8, 4) is 0 Å². The lowest BCUT2D eigenvalue weighted by atomic mass is 10.1. The fraction of sp³-hybridized carbons (Fsp3) is 0.533. The third-order valence-corrected chi connectivity index (χ3v) is 3.52. The first kappa shape index (κ1) is 14.0. The third kappa shape index (κ3) is 3.78. The Bertz CT molecular complexity index is 403. The van der Waals surface area contributed by atoms with Gasteiger partial charge in [0.2, 0.25) is 0 Å². The highest BCUT2D eigenvalue weighted by Crippen LogP contribution is 2.36. The van der Waals surface area contributed by atoms with Gasteiger partial charge < -0.3 is 9.84 Å². The van der Waals surface area contributed by atoms with Crippen LogP contribution < -0.4 is 0 Å². The number of carbonyl (C=O) groups excluding carboxylic acids is 1. The molecule has 0 amide bonds. The molecule has 1 saturated carbocycles. The number of rotatable bonds is 7. The minimum absolute atomic E-state index is 0.0487. The quantitative estimate of drug-likeness (QED) is 0.756. The van der Waals surface area contributed by atoms with Gasteiger partial charge in [-0.15, -0.1) is 0 Å². The third-order valence-electron chi connectivity index (χ3n) is 3.52. The van der Waals surface area contributed by atoms with Crippen LogP contribution >= 0.6 is 0 Å². The Balaban J connectivity index is 2.10. The number of benzene rings is 1. The average Bonchev–Trinajstić information content (AvgIpc) is 3.25. The summed E-state index contributed by atoms with van der Waals surface area (Å²) in [6, 6.07) is 9.78. The molecule has 1 unspecified atom stereocenters. The minimum Gasteiger partial charge on any atom is -0.468 e. The van der Waals surface area contributed by atoms with Gasteiger partial charge in [0.1, 0.15) is 6.04 Å². The van der Waals surface area contributed by atoms with Crippen molar-refractivity contribution in [2.75, 3.05) is 20.3 Å². The van der Waals surface area contributed by atoms with Crippen molar-refractivity contribution >= 4 is 5.97 Å². The molecule has 0 bridgehead atoms. The molecule has 1 aliphatic carbocycles. The molecule has 1 aliphatic rings. The van der Waals surface area contributed by atoms with E-state index in [0.717, 1.165) is 18.4 Å². The maximum atomic E-state index is 12.0. The van der Waals surface area contributed by atoms with E-state index in [1.54, 1.807) is 0 Å². The number of nitrogens with zero attached hydrogens (tertiary/aromatic N) is 1. The second kappa shape index (κ2) is 6.68. The molecule has 1 N–H and O–H groups in total. The van der Waals surface area contributed by atoms with Crippen LogP contribution in [0.2, 0.25) is 0 Å². The SMILES string of the molecule is COC(=O)C(C1CC1)N(CCO)Cc1ccccc1. The van der Waals surface area contributed by atoms with E-state index in [-0.39, 0.29) is 18.6 Å². The zero-order valence-electron chi connectivity index (χ0n) is 11.3. The maximum Gasteiger partial charge on any atom is 0.323 e. The molecular formula is C15H21NO3. The standard InChI is InChI=1S/C15H21NO3/c1-19-15(18)14(13-7-8-13)16(9-10-17)11-12-5-3-2-4-6-12/h2-6,13-14,17H,7-11H2,1H3. The molecule has 1 fully saturated rings. The number of aliphatic hydroxyl groups excluding tert-OH is 1. The highest BCUT2D eigenvalue weighted by Gasteiger charge is 2.40. The predicted molar refractivity (Wildman–Crippen MR) is 72.5 cm³/mol. The molecule has 0 radical (unpaired) electrons. The second-order valence-corrected chi connectivity index (χ2v) is 4.99. The molecule has 19 heavy (non-hydrogen) atoms. The summed E-state index contributed by atoms with van der Waals surface area (Å²) in [7, 11) is 1.43. The molecule has 0 saturated heterocycles. The van der Waals surface area contributed by atoms with Crippen LogP contribution in [0.5, 0.6) is 0 Å². The normalized spacial score (nSPS) is 16.4. The van der Waals surface area contributed by atoms with Crippen LogP contribution in [0.1, 0.15) is 18.4 Å². The van der Waals surface area contributed by atoms with Gasteiger partial charge in [0, 0.05) is 13.1 Å². The van der Waals surface area contributed by atoms with E-state index < -0.39 is 0 Å². The van der Waals surface area contributed by atoms with Gasteiger partial charge in [-0.05, 0) is 24.3 Å². The lowest BCUT2D eigenvalue weighted by molar-refractivity contribution is -0.148. The van der Waals surface area contributed by atoms with E-state index in [2.05, 4.69) is 0 Å². The zero-order chi connectivity index (χ0) is 13.7. The smallest absolute Gasteiger partial charge is 0.323 e. The van der Waals surface area contributed by atoms with Gasteiger partial charge >= 0.3 is 5.97 Å². The summed E-state index contributed by atoms with van der Waals surface area (Å²) in [5, 5.41) is 9.23. The first-order valence-electron chi connectivity index (χ1n) is 6.73. The van der Waals surface area contributed by atoms with Gasteiger partial charge in [-0.1, -0.05) is 30.3 Å². The molecule has 104 valence electrons. The van der Waals surface area contributed by atoms with Gasteiger partial charge in [0.05, 0.1) is 13.7 Å². The highest BCUT2D eigenvalue weighted by atomic mass is 16.5. The molecule has 2 rings (SSSR count). The van der Waals surface area contributed by atoms with E-state index in [0.29, 0.717) is 19.0 Å². The molecule has 1 aromatic rings. The lowest BCUT2D eigenvalue weighted by Crippen LogP contribution is -2.44. The zero-order valence-corrected chi connectivity index (χ0v) is 11.3.